The summed E-state index contributed by atoms with van der Waals surface area (Å²) >= 11 is 0. The van der Waals surface area contributed by atoms with E-state index in [1.165, 1.54) is 49.9 Å². The van der Waals surface area contributed by atoms with Crippen LogP contribution in [0.2, 0.25) is 0 Å². The number of nitrogens with two attached hydrogens (primary N) is 1. The summed E-state index contributed by atoms with van der Waals surface area (Å²) in [6.45, 7) is 0. The normalized spacial score (nSPS) is 14.4. The highest BCUT2D eigenvalue weighted by Gasteiger charge is 2.22. The number of fused-ring (bicyclic) bond motifs is 2. The van der Waals surface area contributed by atoms with Crippen molar-refractivity contribution in [3.8, 4) is 44.5 Å². The Morgan fingerprint density at radius 1 is 0.473 bits per heavy atom. The van der Waals surface area contributed by atoms with Gasteiger partial charge < -0.3 is 16.0 Å². The number of benzene rings is 7. The van der Waals surface area contributed by atoms with Crippen molar-refractivity contribution in [3.05, 3.63) is 199 Å². The molecule has 264 valence electrons. The third kappa shape index (κ3) is 6.14. The van der Waals surface area contributed by atoms with Crippen LogP contribution in [0.25, 0.3) is 55.3 Å². The molecule has 0 saturated heterocycles. The number of anilines is 5. The zero-order chi connectivity index (χ0) is 36.7. The van der Waals surface area contributed by atoms with E-state index in [-0.39, 0.29) is 0 Å². The minimum absolute atomic E-state index is 0.767. The molecule has 0 bridgehead atoms. The van der Waals surface area contributed by atoms with Crippen molar-refractivity contribution in [2.24, 2.45) is 0 Å². The Labute approximate surface area is 323 Å². The summed E-state index contributed by atoms with van der Waals surface area (Å²) in [7, 11) is 0. The van der Waals surface area contributed by atoms with Crippen LogP contribution in [-0.2, 0) is 0 Å². The van der Waals surface area contributed by atoms with Gasteiger partial charge in [-0.1, -0.05) is 115 Å². The Kier molecular flexibility index (Phi) is 8.26. The minimum Gasteiger partial charge on any atom is -0.398 e. The number of nitrogen functional groups attached to an aromatic ring is 1. The zero-order valence-corrected chi connectivity index (χ0v) is 30.7. The lowest BCUT2D eigenvalue weighted by atomic mass is 9.88. The number of rotatable bonds is 7. The Balaban J connectivity index is 1.05. The van der Waals surface area contributed by atoms with Crippen LogP contribution in [0, 0.1) is 0 Å². The van der Waals surface area contributed by atoms with Crippen molar-refractivity contribution in [2.75, 3.05) is 16.0 Å². The third-order valence-electron chi connectivity index (χ3n) is 11.3. The van der Waals surface area contributed by atoms with Gasteiger partial charge in [-0.15, -0.1) is 0 Å². The number of para-hydroxylation sites is 1. The van der Waals surface area contributed by atoms with Crippen LogP contribution in [0.15, 0.2) is 199 Å². The molecule has 0 amide bonds. The fourth-order valence-corrected chi connectivity index (χ4v) is 8.55. The van der Waals surface area contributed by atoms with E-state index in [2.05, 4.69) is 192 Å². The molecule has 0 saturated carbocycles. The Morgan fingerprint density at radius 3 is 2.04 bits per heavy atom. The molecule has 55 heavy (non-hydrogen) atoms. The van der Waals surface area contributed by atoms with Gasteiger partial charge in [-0.05, 0) is 142 Å². The molecule has 3 nitrogen and oxygen atoms in total. The van der Waals surface area contributed by atoms with Crippen LogP contribution in [0.5, 0.6) is 0 Å². The molecule has 7 aromatic carbocycles. The lowest BCUT2D eigenvalue weighted by molar-refractivity contribution is 0.851. The molecule has 3 N–H and O–H groups in total. The first-order valence-electron chi connectivity index (χ1n) is 19.3. The second-order valence-electron chi connectivity index (χ2n) is 14.7. The number of nitrogens with zero attached hydrogens (tertiary/aromatic N) is 1. The lowest BCUT2D eigenvalue weighted by Crippen LogP contribution is -2.18. The number of allylic oxidation sites excluding steroid dienone is 8. The number of nitrogens with one attached hydrogen (secondary N) is 1. The van der Waals surface area contributed by atoms with Crippen molar-refractivity contribution in [1.29, 1.82) is 0 Å². The highest BCUT2D eigenvalue weighted by Crippen LogP contribution is 2.47. The average Bonchev–Trinajstić information content (AvgIpc) is 3.25. The van der Waals surface area contributed by atoms with Crippen LogP contribution in [0.4, 0.5) is 28.4 Å². The van der Waals surface area contributed by atoms with Gasteiger partial charge in [0.2, 0.25) is 0 Å². The molecule has 0 fully saturated rings. The molecule has 10 rings (SSSR count). The number of hydrogen-bond donors (Lipinski definition) is 2. The summed E-state index contributed by atoms with van der Waals surface area (Å²) in [5.74, 6) is 0. The molecule has 0 atom stereocenters. The van der Waals surface area contributed by atoms with E-state index in [0.717, 1.165) is 76.4 Å². The lowest BCUT2D eigenvalue weighted by Gasteiger charge is -2.31. The van der Waals surface area contributed by atoms with E-state index < -0.39 is 0 Å². The fraction of sp³-hybridized carbons (Fsp3) is 0.0769. The van der Waals surface area contributed by atoms with Crippen molar-refractivity contribution in [1.82, 2.24) is 0 Å². The summed E-state index contributed by atoms with van der Waals surface area (Å²) < 4.78 is 0. The molecule has 3 aliphatic rings. The highest BCUT2D eigenvalue weighted by atomic mass is 15.1. The average molecular weight is 708 g/mol. The van der Waals surface area contributed by atoms with Gasteiger partial charge in [-0.3, -0.25) is 0 Å². The maximum Gasteiger partial charge on any atom is 0.0470 e. The molecular formula is C52H41N3. The van der Waals surface area contributed by atoms with E-state index in [1.54, 1.807) is 0 Å². The molecule has 1 aliphatic heterocycles. The van der Waals surface area contributed by atoms with Gasteiger partial charge in [0.25, 0.3) is 0 Å². The topological polar surface area (TPSA) is 41.3 Å². The second kappa shape index (κ2) is 13.9. The predicted octanol–water partition coefficient (Wildman–Crippen LogP) is 14.2. The second-order valence-corrected chi connectivity index (χ2v) is 14.7. The third-order valence-corrected chi connectivity index (χ3v) is 11.3. The standard InChI is InChI=1S/C52H41N3/c53-49-30-25-40(33-47(49)42-31-41-16-10-20-51-52(41)48(34-42)46-18-7-8-19-50(46)54-51)39-15-9-17-45(32-39)55(43-26-21-37(22-27-43)35-11-3-1-4-12-35)44-28-23-38(24-29-44)36-13-5-2-6-14-36/h1-5,7-13,15-23,25-28,30-34,54H,6,14,24,29,53H2. The van der Waals surface area contributed by atoms with Crippen LogP contribution in [0.3, 0.4) is 0 Å². The van der Waals surface area contributed by atoms with Gasteiger partial charge in [0, 0.05) is 50.6 Å². The van der Waals surface area contributed by atoms with E-state index >= 15 is 0 Å². The molecule has 0 radical (unpaired) electrons. The summed E-state index contributed by atoms with van der Waals surface area (Å²) in [6, 6.07) is 54.7. The van der Waals surface area contributed by atoms with Gasteiger partial charge in [0.05, 0.1) is 0 Å². The first-order valence-corrected chi connectivity index (χ1v) is 19.3. The zero-order valence-electron chi connectivity index (χ0n) is 30.7. The summed E-state index contributed by atoms with van der Waals surface area (Å²) in [4.78, 5) is 2.44. The van der Waals surface area contributed by atoms with Crippen LogP contribution in [0.1, 0.15) is 25.7 Å². The first-order chi connectivity index (χ1) is 27.2. The maximum absolute atomic E-state index is 6.80. The summed E-state index contributed by atoms with van der Waals surface area (Å²) in [6.07, 6.45) is 15.7. The van der Waals surface area contributed by atoms with E-state index in [0.29, 0.717) is 0 Å². The van der Waals surface area contributed by atoms with Gasteiger partial charge in [0.1, 0.15) is 0 Å². The number of hydrogen-bond acceptors (Lipinski definition) is 3. The van der Waals surface area contributed by atoms with Gasteiger partial charge >= 0.3 is 0 Å². The van der Waals surface area contributed by atoms with Gasteiger partial charge in [-0.2, -0.15) is 0 Å². The van der Waals surface area contributed by atoms with Gasteiger partial charge in [-0.25, -0.2) is 0 Å². The molecule has 1 heterocycles. The van der Waals surface area contributed by atoms with Crippen LogP contribution >= 0.6 is 0 Å². The van der Waals surface area contributed by atoms with Crippen molar-refractivity contribution in [3.63, 3.8) is 0 Å². The molecule has 7 aromatic rings. The molecule has 3 heteroatoms. The Hall–Kier alpha value is -6.84. The molecule has 0 aromatic heterocycles. The molecule has 0 spiro atoms. The maximum atomic E-state index is 6.80. The minimum atomic E-state index is 0.767. The molecule has 2 aliphatic carbocycles. The van der Waals surface area contributed by atoms with Crippen molar-refractivity contribution in [2.45, 2.75) is 25.7 Å². The quantitative estimate of drug-likeness (QED) is 0.162. The fourth-order valence-electron chi connectivity index (χ4n) is 8.55. The summed E-state index contributed by atoms with van der Waals surface area (Å²) in [5, 5.41) is 6.08. The first kappa shape index (κ1) is 32.8. The van der Waals surface area contributed by atoms with Gasteiger partial charge in [0.15, 0.2) is 0 Å². The van der Waals surface area contributed by atoms with E-state index in [9.17, 15) is 0 Å². The Morgan fingerprint density at radius 2 is 1.20 bits per heavy atom. The van der Waals surface area contributed by atoms with Crippen LogP contribution in [-0.4, -0.2) is 0 Å². The molecular weight excluding hydrogens is 667 g/mol. The summed E-state index contributed by atoms with van der Waals surface area (Å²) in [5.41, 5.74) is 25.6. The Bertz CT molecular complexity index is 2730. The van der Waals surface area contributed by atoms with E-state index in [4.69, 9.17) is 5.73 Å². The van der Waals surface area contributed by atoms with Crippen molar-refractivity contribution >= 4 is 39.2 Å². The SMILES string of the molecule is Nc1ccc(-c2cccc(N(C3=CC=C(C4=CC=CCC4)CC3)c3ccc(-c4ccccc4)cc3)c2)cc1-c1cc2c3c(cccc3c1)Nc1ccccc1-2. The predicted molar refractivity (Wildman–Crippen MR) is 234 cm³/mol. The monoisotopic (exact) mass is 707 g/mol. The largest absolute Gasteiger partial charge is 0.398 e. The smallest absolute Gasteiger partial charge is 0.0470 e. The van der Waals surface area contributed by atoms with E-state index in [1.807, 2.05) is 0 Å². The van der Waals surface area contributed by atoms with Crippen LogP contribution < -0.4 is 16.0 Å². The molecule has 0 unspecified atom stereocenters. The highest BCUT2D eigenvalue weighted by molar-refractivity contribution is 6.13. The van der Waals surface area contributed by atoms with Crippen molar-refractivity contribution < 1.29 is 0 Å².